The third-order valence-corrected chi connectivity index (χ3v) is 3.40. The highest BCUT2D eigenvalue weighted by Gasteiger charge is 2.28. The summed E-state index contributed by atoms with van der Waals surface area (Å²) in [5, 5.41) is 2.90. The van der Waals surface area contributed by atoms with Gasteiger partial charge in [-0.05, 0) is 56.4 Å². The molecule has 98 valence electrons. The summed E-state index contributed by atoms with van der Waals surface area (Å²) in [4.78, 5) is 11.4. The molecule has 18 heavy (non-hydrogen) atoms. The minimum Gasteiger partial charge on any atom is -0.491 e. The zero-order chi connectivity index (χ0) is 13.1. The van der Waals surface area contributed by atoms with E-state index < -0.39 is 0 Å². The van der Waals surface area contributed by atoms with Crippen molar-refractivity contribution in [3.8, 4) is 5.75 Å². The molecule has 1 aromatic rings. The average molecular weight is 247 g/mol. The van der Waals surface area contributed by atoms with Gasteiger partial charge in [0.25, 0.3) is 0 Å². The lowest BCUT2D eigenvalue weighted by atomic mass is 10.1. The smallest absolute Gasteiger partial charge is 0.223 e. The number of hydrogen-bond acceptors (Lipinski definition) is 2. The van der Waals surface area contributed by atoms with E-state index in [1.54, 1.807) is 0 Å². The fourth-order valence-electron chi connectivity index (χ4n) is 1.91. The van der Waals surface area contributed by atoms with Gasteiger partial charge in [-0.25, -0.2) is 0 Å². The van der Waals surface area contributed by atoms with Crippen molar-refractivity contribution < 1.29 is 9.53 Å². The van der Waals surface area contributed by atoms with Gasteiger partial charge in [0, 0.05) is 5.92 Å². The van der Waals surface area contributed by atoms with E-state index >= 15 is 0 Å². The molecule has 2 rings (SSSR count). The number of nitrogens with one attached hydrogen (secondary N) is 1. The van der Waals surface area contributed by atoms with Gasteiger partial charge in [-0.1, -0.05) is 6.07 Å². The second-order valence-corrected chi connectivity index (χ2v) is 5.12. The molecular formula is C15H21NO2. The summed E-state index contributed by atoms with van der Waals surface area (Å²) in [5.41, 5.74) is 3.66. The molecule has 0 aromatic heterocycles. The van der Waals surface area contributed by atoms with E-state index in [0.717, 1.165) is 24.2 Å². The number of amides is 1. The van der Waals surface area contributed by atoms with Gasteiger partial charge in [0.05, 0.1) is 6.54 Å². The average Bonchev–Trinajstić information content (AvgIpc) is 3.14. The van der Waals surface area contributed by atoms with Crippen molar-refractivity contribution in [2.75, 3.05) is 13.2 Å². The molecule has 0 unspecified atom stereocenters. The first-order valence-electron chi connectivity index (χ1n) is 6.56. The fraction of sp³-hybridized carbons (Fsp3) is 0.533. The first-order valence-corrected chi connectivity index (χ1v) is 6.56. The molecule has 0 saturated heterocycles. The van der Waals surface area contributed by atoms with Gasteiger partial charge in [0.1, 0.15) is 12.4 Å². The molecule has 1 aromatic carbocycles. The first kappa shape index (κ1) is 12.9. The van der Waals surface area contributed by atoms with E-state index in [4.69, 9.17) is 4.74 Å². The van der Waals surface area contributed by atoms with Crippen LogP contribution in [-0.4, -0.2) is 19.1 Å². The number of carbonyl (C=O) groups excluding carboxylic acids is 1. The zero-order valence-electron chi connectivity index (χ0n) is 11.4. The SMILES string of the molecule is Cc1cc(C)c(OCCNC(=O)C2CC2)cc1C. The number of hydrogen-bond donors (Lipinski definition) is 1. The van der Waals surface area contributed by atoms with Gasteiger partial charge in [0.15, 0.2) is 0 Å². The Labute approximate surface area is 109 Å². The molecular weight excluding hydrogens is 226 g/mol. The van der Waals surface area contributed by atoms with Gasteiger partial charge in [-0.15, -0.1) is 0 Å². The molecule has 0 bridgehead atoms. The highest BCUT2D eigenvalue weighted by atomic mass is 16.5. The van der Waals surface area contributed by atoms with Crippen LogP contribution in [0.3, 0.4) is 0 Å². The van der Waals surface area contributed by atoms with Crippen molar-refractivity contribution in [1.82, 2.24) is 5.32 Å². The summed E-state index contributed by atoms with van der Waals surface area (Å²) in [6.07, 6.45) is 2.09. The topological polar surface area (TPSA) is 38.3 Å². The van der Waals surface area contributed by atoms with E-state index in [-0.39, 0.29) is 11.8 Å². The molecule has 0 atom stereocenters. The standard InChI is InChI=1S/C15H21NO2/c1-10-8-12(3)14(9-11(10)2)18-7-6-16-15(17)13-4-5-13/h8-9,13H,4-7H2,1-3H3,(H,16,17). The number of aryl methyl sites for hydroxylation is 3. The molecule has 1 aliphatic rings. The predicted octanol–water partition coefficient (Wildman–Crippen LogP) is 2.52. The Hall–Kier alpha value is -1.51. The molecule has 1 N–H and O–H groups in total. The van der Waals surface area contributed by atoms with Crippen LogP contribution in [0.25, 0.3) is 0 Å². The van der Waals surface area contributed by atoms with Crippen molar-refractivity contribution >= 4 is 5.91 Å². The maximum absolute atomic E-state index is 11.4. The van der Waals surface area contributed by atoms with Crippen molar-refractivity contribution in [2.24, 2.45) is 5.92 Å². The largest absolute Gasteiger partial charge is 0.491 e. The van der Waals surface area contributed by atoms with E-state index in [1.807, 2.05) is 6.92 Å². The molecule has 1 amide bonds. The molecule has 1 aliphatic carbocycles. The van der Waals surface area contributed by atoms with Gasteiger partial charge in [-0.3, -0.25) is 4.79 Å². The number of ether oxygens (including phenoxy) is 1. The molecule has 0 aliphatic heterocycles. The monoisotopic (exact) mass is 247 g/mol. The quantitative estimate of drug-likeness (QED) is 0.812. The summed E-state index contributed by atoms with van der Waals surface area (Å²) >= 11 is 0. The van der Waals surface area contributed by atoms with Crippen LogP contribution in [0.1, 0.15) is 29.5 Å². The molecule has 0 heterocycles. The fourth-order valence-corrected chi connectivity index (χ4v) is 1.91. The highest BCUT2D eigenvalue weighted by molar-refractivity contribution is 5.80. The Morgan fingerprint density at radius 1 is 1.22 bits per heavy atom. The zero-order valence-corrected chi connectivity index (χ0v) is 11.4. The number of rotatable bonds is 5. The lowest BCUT2D eigenvalue weighted by molar-refractivity contribution is -0.122. The Kier molecular flexibility index (Phi) is 3.90. The van der Waals surface area contributed by atoms with E-state index in [1.165, 1.54) is 11.1 Å². The Balaban J connectivity index is 1.79. The van der Waals surface area contributed by atoms with Gasteiger partial charge < -0.3 is 10.1 Å². The van der Waals surface area contributed by atoms with Crippen LogP contribution in [0.5, 0.6) is 5.75 Å². The van der Waals surface area contributed by atoms with Crippen molar-refractivity contribution in [1.29, 1.82) is 0 Å². The minimum absolute atomic E-state index is 0.176. The lowest BCUT2D eigenvalue weighted by Gasteiger charge is -2.12. The van der Waals surface area contributed by atoms with Crippen molar-refractivity contribution in [3.63, 3.8) is 0 Å². The maximum Gasteiger partial charge on any atom is 0.223 e. The third-order valence-electron chi connectivity index (χ3n) is 3.40. The van der Waals surface area contributed by atoms with Crippen LogP contribution in [0, 0.1) is 26.7 Å². The van der Waals surface area contributed by atoms with Crippen LogP contribution < -0.4 is 10.1 Å². The molecule has 3 nitrogen and oxygen atoms in total. The third kappa shape index (κ3) is 3.25. The van der Waals surface area contributed by atoms with Crippen LogP contribution in [0.15, 0.2) is 12.1 Å². The summed E-state index contributed by atoms with van der Waals surface area (Å²) in [6.45, 7) is 7.34. The number of carbonyl (C=O) groups is 1. The summed E-state index contributed by atoms with van der Waals surface area (Å²) < 4.78 is 5.71. The van der Waals surface area contributed by atoms with Crippen LogP contribution in [-0.2, 0) is 4.79 Å². The molecule has 1 fully saturated rings. The van der Waals surface area contributed by atoms with E-state index in [2.05, 4.69) is 31.3 Å². The van der Waals surface area contributed by atoms with Crippen LogP contribution in [0.2, 0.25) is 0 Å². The van der Waals surface area contributed by atoms with Gasteiger partial charge in [-0.2, -0.15) is 0 Å². The molecule has 1 saturated carbocycles. The Morgan fingerprint density at radius 3 is 2.56 bits per heavy atom. The van der Waals surface area contributed by atoms with Gasteiger partial charge >= 0.3 is 0 Å². The Morgan fingerprint density at radius 2 is 1.89 bits per heavy atom. The predicted molar refractivity (Wildman–Crippen MR) is 71.9 cm³/mol. The second-order valence-electron chi connectivity index (χ2n) is 5.12. The second kappa shape index (κ2) is 5.42. The van der Waals surface area contributed by atoms with Gasteiger partial charge in [0.2, 0.25) is 5.91 Å². The summed E-state index contributed by atoms with van der Waals surface area (Å²) in [6, 6.07) is 4.20. The molecule has 3 heteroatoms. The van der Waals surface area contributed by atoms with Crippen LogP contribution >= 0.6 is 0 Å². The summed E-state index contributed by atoms with van der Waals surface area (Å²) in [5.74, 6) is 1.36. The van der Waals surface area contributed by atoms with E-state index in [0.29, 0.717) is 13.2 Å². The minimum atomic E-state index is 0.176. The maximum atomic E-state index is 11.4. The Bertz CT molecular complexity index is 450. The van der Waals surface area contributed by atoms with Crippen molar-refractivity contribution in [2.45, 2.75) is 33.6 Å². The molecule has 0 radical (unpaired) electrons. The van der Waals surface area contributed by atoms with E-state index in [9.17, 15) is 4.79 Å². The normalized spacial score (nSPS) is 14.4. The van der Waals surface area contributed by atoms with Crippen LogP contribution in [0.4, 0.5) is 0 Å². The first-order chi connectivity index (χ1) is 8.58. The summed E-state index contributed by atoms with van der Waals surface area (Å²) in [7, 11) is 0. The molecule has 0 spiro atoms. The lowest BCUT2D eigenvalue weighted by Crippen LogP contribution is -2.29. The van der Waals surface area contributed by atoms with Crippen molar-refractivity contribution in [3.05, 3.63) is 28.8 Å². The highest BCUT2D eigenvalue weighted by Crippen LogP contribution is 2.28. The number of benzene rings is 1.